The van der Waals surface area contributed by atoms with Crippen LogP contribution in [0.25, 0.3) is 0 Å². The minimum Gasteiger partial charge on any atom is -0.103 e. The lowest BCUT2D eigenvalue weighted by Gasteiger charge is -1.96. The zero-order valence-corrected chi connectivity index (χ0v) is 9.80. The monoisotopic (exact) mass is 194 g/mol. The van der Waals surface area contributed by atoms with Crippen molar-refractivity contribution in [1.82, 2.24) is 0 Å². The van der Waals surface area contributed by atoms with Gasteiger partial charge in [0.25, 0.3) is 0 Å². The average Bonchev–Trinajstić information content (AvgIpc) is 2.21. The van der Waals surface area contributed by atoms with Gasteiger partial charge in [0.05, 0.1) is 0 Å². The summed E-state index contributed by atoms with van der Waals surface area (Å²) in [6, 6.07) is 0. The normalized spacial score (nSPS) is 10.9. The van der Waals surface area contributed by atoms with E-state index in [-0.39, 0.29) is 0 Å². The van der Waals surface area contributed by atoms with Crippen molar-refractivity contribution in [3.05, 3.63) is 24.8 Å². The van der Waals surface area contributed by atoms with Gasteiger partial charge < -0.3 is 0 Å². The van der Waals surface area contributed by atoms with E-state index in [0.717, 1.165) is 0 Å². The maximum Gasteiger partial charge on any atom is -0.0351 e. The smallest absolute Gasteiger partial charge is 0.0351 e. The van der Waals surface area contributed by atoms with Crippen molar-refractivity contribution < 1.29 is 0 Å². The molecule has 0 heterocycles. The van der Waals surface area contributed by atoms with Gasteiger partial charge in [0, 0.05) is 0 Å². The summed E-state index contributed by atoms with van der Waals surface area (Å²) in [5.41, 5.74) is 0. The molecule has 82 valence electrons. The highest BCUT2D eigenvalue weighted by atomic mass is 13.9. The van der Waals surface area contributed by atoms with Crippen molar-refractivity contribution in [3.63, 3.8) is 0 Å². The van der Waals surface area contributed by atoms with E-state index < -0.39 is 0 Å². The molecule has 0 unspecified atom stereocenters. The fourth-order valence-electron chi connectivity index (χ4n) is 1.46. The molecule has 0 amide bonds. The quantitative estimate of drug-likeness (QED) is 0.329. The zero-order chi connectivity index (χ0) is 10.5. The lowest BCUT2D eigenvalue weighted by molar-refractivity contribution is 0.652. The molecular weight excluding hydrogens is 168 g/mol. The molecule has 0 aromatic heterocycles. The van der Waals surface area contributed by atoms with Crippen molar-refractivity contribution in [2.45, 2.75) is 64.7 Å². The van der Waals surface area contributed by atoms with Crippen LogP contribution in [0.15, 0.2) is 24.8 Å². The SMILES string of the molecule is C=CCCCCCC/C=C\CCCC. The molecule has 0 N–H and O–H groups in total. The molecule has 0 rings (SSSR count). The third kappa shape index (κ3) is 11.5. The van der Waals surface area contributed by atoms with Gasteiger partial charge in [-0.2, -0.15) is 0 Å². The second-order valence-corrected chi connectivity index (χ2v) is 3.89. The van der Waals surface area contributed by atoms with Gasteiger partial charge in [-0.15, -0.1) is 6.58 Å². The van der Waals surface area contributed by atoms with Gasteiger partial charge >= 0.3 is 0 Å². The maximum atomic E-state index is 3.73. The maximum absolute atomic E-state index is 3.73. The Hall–Kier alpha value is -0.520. The Bertz CT molecular complexity index is 133. The lowest BCUT2D eigenvalue weighted by Crippen LogP contribution is -1.76. The molecule has 0 bridgehead atoms. The van der Waals surface area contributed by atoms with E-state index in [0.29, 0.717) is 0 Å². The Balaban J connectivity index is 2.97. The highest BCUT2D eigenvalue weighted by Crippen LogP contribution is 2.06. The molecule has 14 heavy (non-hydrogen) atoms. The van der Waals surface area contributed by atoms with Gasteiger partial charge in [-0.05, 0) is 32.1 Å². The predicted octanol–water partition coefficient (Wildman–Crippen LogP) is 5.26. The molecule has 0 nitrogen and oxygen atoms in total. The van der Waals surface area contributed by atoms with E-state index in [1.54, 1.807) is 0 Å². The molecular formula is C14H26. The number of hydrogen-bond donors (Lipinski definition) is 0. The predicted molar refractivity (Wildman–Crippen MR) is 66.6 cm³/mol. The largest absolute Gasteiger partial charge is 0.103 e. The molecule has 0 fully saturated rings. The summed E-state index contributed by atoms with van der Waals surface area (Å²) in [7, 11) is 0. The second-order valence-electron chi connectivity index (χ2n) is 3.89. The van der Waals surface area contributed by atoms with Crippen LogP contribution < -0.4 is 0 Å². The lowest BCUT2D eigenvalue weighted by atomic mass is 10.1. The van der Waals surface area contributed by atoms with E-state index in [1.807, 2.05) is 6.08 Å². The van der Waals surface area contributed by atoms with Crippen molar-refractivity contribution >= 4 is 0 Å². The first-order valence-corrected chi connectivity index (χ1v) is 6.17. The third-order valence-electron chi connectivity index (χ3n) is 2.42. The Labute approximate surface area is 90.1 Å². The van der Waals surface area contributed by atoms with Gasteiger partial charge in [0.15, 0.2) is 0 Å². The summed E-state index contributed by atoms with van der Waals surface area (Å²) in [5.74, 6) is 0. The molecule has 0 heteroatoms. The van der Waals surface area contributed by atoms with Crippen LogP contribution in [0.2, 0.25) is 0 Å². The third-order valence-corrected chi connectivity index (χ3v) is 2.42. The average molecular weight is 194 g/mol. The second kappa shape index (κ2) is 12.5. The van der Waals surface area contributed by atoms with Gasteiger partial charge in [-0.25, -0.2) is 0 Å². The van der Waals surface area contributed by atoms with Crippen LogP contribution in [0.5, 0.6) is 0 Å². The topological polar surface area (TPSA) is 0 Å². The highest BCUT2D eigenvalue weighted by molar-refractivity contribution is 4.81. The fraction of sp³-hybridized carbons (Fsp3) is 0.714. The standard InChI is InChI=1S/C14H26/c1-3-5-7-9-11-13-14-12-10-8-6-4-2/h3,10,12H,1,4-9,11,13-14H2,2H3/b12-10-. The molecule has 0 aromatic carbocycles. The molecule has 0 saturated carbocycles. The minimum absolute atomic E-state index is 1.19. The van der Waals surface area contributed by atoms with Gasteiger partial charge in [-0.3, -0.25) is 0 Å². The molecule has 0 spiro atoms. The molecule has 0 aromatic rings. The number of hydrogen-bond acceptors (Lipinski definition) is 0. The van der Waals surface area contributed by atoms with Crippen LogP contribution in [0.3, 0.4) is 0 Å². The Morgan fingerprint density at radius 2 is 1.36 bits per heavy atom. The molecule has 0 radical (unpaired) electrons. The Morgan fingerprint density at radius 3 is 1.93 bits per heavy atom. The van der Waals surface area contributed by atoms with Crippen LogP contribution in [0.1, 0.15) is 64.7 Å². The fourth-order valence-corrected chi connectivity index (χ4v) is 1.46. The van der Waals surface area contributed by atoms with Crippen LogP contribution >= 0.6 is 0 Å². The molecule has 0 aliphatic heterocycles. The van der Waals surface area contributed by atoms with Crippen LogP contribution in [-0.4, -0.2) is 0 Å². The summed E-state index contributed by atoms with van der Waals surface area (Å²) in [5, 5.41) is 0. The molecule has 0 aliphatic carbocycles. The van der Waals surface area contributed by atoms with Crippen molar-refractivity contribution in [2.75, 3.05) is 0 Å². The first kappa shape index (κ1) is 13.5. The van der Waals surface area contributed by atoms with Crippen molar-refractivity contribution in [1.29, 1.82) is 0 Å². The molecule has 0 aliphatic rings. The van der Waals surface area contributed by atoms with Crippen LogP contribution in [0, 0.1) is 0 Å². The van der Waals surface area contributed by atoms with Crippen molar-refractivity contribution in [2.24, 2.45) is 0 Å². The number of unbranched alkanes of at least 4 members (excludes halogenated alkanes) is 7. The van der Waals surface area contributed by atoms with E-state index in [9.17, 15) is 0 Å². The highest BCUT2D eigenvalue weighted by Gasteiger charge is 1.86. The van der Waals surface area contributed by atoms with Gasteiger partial charge in [0.2, 0.25) is 0 Å². The van der Waals surface area contributed by atoms with E-state index in [4.69, 9.17) is 0 Å². The summed E-state index contributed by atoms with van der Waals surface area (Å²) in [6.45, 7) is 5.97. The Morgan fingerprint density at radius 1 is 0.786 bits per heavy atom. The number of rotatable bonds is 10. The van der Waals surface area contributed by atoms with E-state index in [2.05, 4.69) is 25.7 Å². The van der Waals surface area contributed by atoms with Crippen molar-refractivity contribution in [3.8, 4) is 0 Å². The minimum atomic E-state index is 1.19. The van der Waals surface area contributed by atoms with Gasteiger partial charge in [-0.1, -0.05) is 50.8 Å². The first-order chi connectivity index (χ1) is 6.91. The van der Waals surface area contributed by atoms with Crippen LogP contribution in [0.4, 0.5) is 0 Å². The summed E-state index contributed by atoms with van der Waals surface area (Å²) < 4.78 is 0. The number of allylic oxidation sites excluding steroid dienone is 3. The van der Waals surface area contributed by atoms with E-state index in [1.165, 1.54) is 57.8 Å². The van der Waals surface area contributed by atoms with Gasteiger partial charge in [0.1, 0.15) is 0 Å². The molecule has 0 saturated heterocycles. The van der Waals surface area contributed by atoms with E-state index >= 15 is 0 Å². The van der Waals surface area contributed by atoms with Crippen LogP contribution in [-0.2, 0) is 0 Å². The first-order valence-electron chi connectivity index (χ1n) is 6.17. The summed E-state index contributed by atoms with van der Waals surface area (Å²) in [6.07, 6.45) is 18.5. The molecule has 0 atom stereocenters. The zero-order valence-electron chi connectivity index (χ0n) is 9.80. The Kier molecular flexibility index (Phi) is 12.0. The summed E-state index contributed by atoms with van der Waals surface area (Å²) in [4.78, 5) is 0. The summed E-state index contributed by atoms with van der Waals surface area (Å²) >= 11 is 0.